The summed E-state index contributed by atoms with van der Waals surface area (Å²) in [4.78, 5) is 83.0. The van der Waals surface area contributed by atoms with Crippen LogP contribution in [0, 0.1) is 11.8 Å². The molecular weight excluding hydrogens is 1520 g/mol. The molecule has 2 aromatic rings. The fraction of sp³-hybridized carbons (Fsp3) is 0.769. The van der Waals surface area contributed by atoms with Crippen LogP contribution in [0.3, 0.4) is 0 Å². The molecule has 12 bridgehead atoms. The van der Waals surface area contributed by atoms with Gasteiger partial charge in [0.2, 0.25) is 0 Å². The molecule has 11 aliphatic rings. The Labute approximate surface area is 668 Å². The molecule has 1 spiro atoms. The smallest absolute Gasteiger partial charge is 0.414 e. The van der Waals surface area contributed by atoms with Crippen LogP contribution in [-0.2, 0) is 142 Å². The number of Topliss-reactive ketones (excluding diaryl/α,β-unsaturated/α-hetero) is 1. The largest absolute Gasteiger partial charge is 0.461 e. The average molecular weight is 1630 g/mol. The van der Waals surface area contributed by atoms with Crippen molar-refractivity contribution in [2.45, 2.75) is 264 Å². The zero-order valence-electron chi connectivity index (χ0n) is 65.4. The van der Waals surface area contributed by atoms with Gasteiger partial charge in [-0.3, -0.25) is 24.1 Å². The molecule has 0 radical (unpaired) electrons. The Morgan fingerprint density at radius 3 is 2.12 bits per heavy atom. The molecule has 11 aliphatic heterocycles. The van der Waals surface area contributed by atoms with Crippen LogP contribution in [0.4, 0.5) is 10.5 Å². The van der Waals surface area contributed by atoms with Crippen molar-refractivity contribution in [3.05, 3.63) is 66.0 Å². The summed E-state index contributed by atoms with van der Waals surface area (Å²) in [6.45, 7) is 19.3. The number of fused-ring (bicyclic) bond motifs is 6. The summed E-state index contributed by atoms with van der Waals surface area (Å²) in [6.07, 6.45) is 5.27. The highest BCUT2D eigenvalue weighted by Gasteiger charge is 2.69. The number of amides is 3. The van der Waals surface area contributed by atoms with E-state index in [1.807, 2.05) is 20.1 Å². The third kappa shape index (κ3) is 24.5. The molecule has 624 valence electrons. The highest BCUT2D eigenvalue weighted by molar-refractivity contribution is 8.77. The third-order valence-corrected chi connectivity index (χ3v) is 24.6. The van der Waals surface area contributed by atoms with E-state index in [1.165, 1.54) is 4.90 Å². The molecule has 12 heterocycles. The summed E-state index contributed by atoms with van der Waals surface area (Å²) >= 11 is 4.02. The lowest BCUT2D eigenvalue weighted by molar-refractivity contribution is -0.292. The van der Waals surface area contributed by atoms with E-state index in [2.05, 4.69) is 47.2 Å². The van der Waals surface area contributed by atoms with E-state index >= 15 is 0 Å². The molecule has 34 heteroatoms. The Balaban J connectivity index is 0.00000407. The summed E-state index contributed by atoms with van der Waals surface area (Å²) in [6, 6.07) is 7.10. The number of ether oxygens (including phenoxy) is 17. The minimum atomic E-state index is -0.963. The number of anilines is 1. The fourth-order valence-corrected chi connectivity index (χ4v) is 18.5. The number of hydrogen-bond donors (Lipinski definition) is 1. The van der Waals surface area contributed by atoms with E-state index in [0.29, 0.717) is 100 Å². The normalized spacial score (nSPS) is 31.2. The van der Waals surface area contributed by atoms with Crippen molar-refractivity contribution in [3.8, 4) is 0 Å². The standard InChI is InChI=1S/C77H111N5O25S2.CH3NS/c1-47-36-55-13-15-59-48(2)37-57(99-59)20-22-77-42-64-71(105-77)72-73(104-64)74(106-77)70-60(103-72)16-14-56(101-70)38-54(84)39-58-62(41-61(100-55)49(47)3)102-63(69(58)90-6)40-53(83)12-19-67(87)97-44-50-8-10-52(11-9-50)81(75(89)98-46-76(4,5)109-108-7)24-27-93-30-33-94-32-29-92-26-23-80-43-51(78-79-80)45-96-35-34-95-31-28-91-25-21-68(88)107-82-65(85)17-18-66(82)86;1-2-3/h8-11,43,47,53,55-64,69-74,83H,2-3,12-42,44-46H2,1,4-7H3;1H3/t47-,53-,55+,56-,57+,58+,59+,60+,61-,62+,63-,64-,69-,70+,71+,72+,73-,74+,77+;/m1./s1. The van der Waals surface area contributed by atoms with Gasteiger partial charge in [0.25, 0.3) is 11.8 Å². The molecule has 11 saturated heterocycles. The SMILES string of the molecule is C=C1C[C@@H]2CC[C@@]34C[C@H]5O[C@H]6[C@@H](O3)[C@H]3O[C@H](CC[C@@H]3O[C@H]6[C@H]5O4)CC(=O)C[C@@H]3[C@@H](OC)[C@@H](C[C@H](O)CCC(=O)OCc4ccc(N(CCOCCOCCOCCn5cc(COCCOCCOCCC(=O)ON6C(=O)CCC6=O)nn5)C(=O)OCC(C)(C)SSC)cc4)O[C@H]3C[C@H]3O[C@@H](CC[C@@H]1O2)C[C@@H](C)C3=C.CN=S. The molecule has 1 aromatic heterocycles. The van der Waals surface area contributed by atoms with Gasteiger partial charge in [-0.2, -0.15) is 0 Å². The topological polar surface area (TPSA) is 338 Å². The minimum absolute atomic E-state index is 0.0143. The molecule has 112 heavy (non-hydrogen) atoms. The quantitative estimate of drug-likeness (QED) is 0.0220. The zero-order valence-corrected chi connectivity index (χ0v) is 67.8. The van der Waals surface area contributed by atoms with Crippen molar-refractivity contribution in [1.82, 2.24) is 20.1 Å². The second-order valence-electron chi connectivity index (χ2n) is 30.8. The van der Waals surface area contributed by atoms with E-state index in [-0.39, 0.29) is 194 Å². The number of aliphatic hydroxyl groups is 1. The van der Waals surface area contributed by atoms with Gasteiger partial charge in [-0.25, -0.2) is 18.6 Å². The minimum Gasteiger partial charge on any atom is -0.461 e. The van der Waals surface area contributed by atoms with Crippen molar-refractivity contribution in [2.24, 2.45) is 16.2 Å². The number of aliphatic hydroxyl groups excluding tert-OH is 1. The molecule has 3 amide bonds. The lowest BCUT2D eigenvalue weighted by Gasteiger charge is -2.47. The Bertz CT molecular complexity index is 3420. The van der Waals surface area contributed by atoms with Gasteiger partial charge in [0.15, 0.2) is 5.79 Å². The maximum atomic E-state index is 14.6. The van der Waals surface area contributed by atoms with E-state index in [4.69, 9.17) is 85.4 Å². The lowest BCUT2D eigenvalue weighted by atomic mass is 9.81. The molecule has 1 aromatic carbocycles. The van der Waals surface area contributed by atoms with E-state index < -0.39 is 72.3 Å². The van der Waals surface area contributed by atoms with Crippen molar-refractivity contribution in [2.75, 3.05) is 111 Å². The van der Waals surface area contributed by atoms with Crippen LogP contribution < -0.4 is 4.90 Å². The summed E-state index contributed by atoms with van der Waals surface area (Å²) in [5, 5.41) is 20.4. The molecule has 11 fully saturated rings. The van der Waals surface area contributed by atoms with Crippen LogP contribution in [0.25, 0.3) is 0 Å². The number of aromatic nitrogens is 3. The second-order valence-corrected chi connectivity index (χ2v) is 34.3. The van der Waals surface area contributed by atoms with Crippen molar-refractivity contribution in [3.63, 3.8) is 0 Å². The Morgan fingerprint density at radius 2 is 1.38 bits per heavy atom. The molecule has 31 nitrogen and oxygen atoms in total. The number of hydroxylamine groups is 2. The number of methoxy groups -OCH3 is 1. The van der Waals surface area contributed by atoms with Gasteiger partial charge in [0.05, 0.1) is 177 Å². The maximum absolute atomic E-state index is 14.6. The first-order chi connectivity index (χ1) is 54.1. The molecule has 13 rings (SSSR count). The number of ketones is 1. The molecule has 19 atom stereocenters. The van der Waals surface area contributed by atoms with E-state index in [9.17, 15) is 33.9 Å². The molecule has 1 N–H and O–H groups in total. The highest BCUT2D eigenvalue weighted by atomic mass is 33.1. The summed E-state index contributed by atoms with van der Waals surface area (Å²) < 4.78 is 111. The zero-order chi connectivity index (χ0) is 79.3. The fourth-order valence-electron chi connectivity index (χ4n) is 16.4. The third-order valence-electron chi connectivity index (χ3n) is 22.0. The Morgan fingerprint density at radius 1 is 0.723 bits per heavy atom. The maximum Gasteiger partial charge on any atom is 0.414 e. The van der Waals surface area contributed by atoms with Crippen LogP contribution in [0.5, 0.6) is 0 Å². The van der Waals surface area contributed by atoms with Gasteiger partial charge >= 0.3 is 18.0 Å². The van der Waals surface area contributed by atoms with Gasteiger partial charge in [0.1, 0.15) is 55.2 Å². The van der Waals surface area contributed by atoms with Gasteiger partial charge in [0, 0.05) is 96.0 Å². The second kappa shape index (κ2) is 42.9. The number of rotatable bonds is 37. The Hall–Kier alpha value is -5.06. The summed E-state index contributed by atoms with van der Waals surface area (Å²) in [5.41, 5.74) is 3.98. The summed E-state index contributed by atoms with van der Waals surface area (Å²) in [7, 11) is 6.39. The monoisotopic (exact) mass is 1630 g/mol. The summed E-state index contributed by atoms with van der Waals surface area (Å²) in [5.74, 6) is -3.31. The number of hydrogen-bond acceptors (Lipinski definition) is 31. The van der Waals surface area contributed by atoms with Crippen molar-refractivity contribution < 1.29 is 119 Å². The molecule has 0 saturated carbocycles. The first-order valence-corrected chi connectivity index (χ1v) is 42.4. The average Bonchev–Trinajstić information content (AvgIpc) is 1.55. The predicted octanol–water partition coefficient (Wildman–Crippen LogP) is 7.97. The highest BCUT2D eigenvalue weighted by Crippen LogP contribution is 2.55. The number of benzene rings is 1. The van der Waals surface area contributed by atoms with Crippen molar-refractivity contribution >= 4 is 75.3 Å². The van der Waals surface area contributed by atoms with Gasteiger partial charge < -0.3 is 90.5 Å². The number of imide groups is 1. The van der Waals surface area contributed by atoms with Crippen LogP contribution in [0.1, 0.15) is 148 Å². The van der Waals surface area contributed by atoms with Crippen LogP contribution >= 0.6 is 21.6 Å². The van der Waals surface area contributed by atoms with E-state index in [1.54, 1.807) is 70.9 Å². The predicted molar refractivity (Wildman–Crippen MR) is 408 cm³/mol. The number of carbonyl (C=O) groups excluding carboxylic acids is 6. The molecule has 0 unspecified atom stereocenters. The number of nitrogens with zero attached hydrogens (tertiary/aromatic N) is 6. The molecular formula is C78H114N6O25S3. The van der Waals surface area contributed by atoms with Gasteiger partial charge in [-0.15, -0.1) is 10.2 Å². The van der Waals surface area contributed by atoms with Crippen molar-refractivity contribution in [1.29, 1.82) is 0 Å². The lowest BCUT2D eigenvalue weighted by Crippen LogP contribution is -2.61. The van der Waals surface area contributed by atoms with Gasteiger partial charge in [-0.1, -0.05) is 59.0 Å². The molecule has 0 aliphatic carbocycles. The number of esters is 1. The van der Waals surface area contributed by atoms with Gasteiger partial charge in [-0.05, 0) is 106 Å². The Kier molecular flexibility index (Phi) is 33.6. The van der Waals surface area contributed by atoms with Crippen LogP contribution in [-0.4, -0.2) is 275 Å². The van der Waals surface area contributed by atoms with E-state index in [0.717, 1.165) is 43.3 Å². The van der Waals surface area contributed by atoms with Crippen LogP contribution in [0.15, 0.2) is 59.1 Å². The first kappa shape index (κ1) is 87.8. The first-order valence-electron chi connectivity index (χ1n) is 39.5. The van der Waals surface area contributed by atoms with Crippen LogP contribution in [0.2, 0.25) is 0 Å². The number of carbonyl (C=O) groups is 6.